The Balaban J connectivity index is 2.83. The van der Waals surface area contributed by atoms with Crippen LogP contribution in [0.3, 0.4) is 0 Å². The number of amides is 4. The highest BCUT2D eigenvalue weighted by Gasteiger charge is 2.26. The third-order valence-corrected chi connectivity index (χ3v) is 6.29. The molecule has 28 heavy (non-hydrogen) atoms. The first-order valence-electron chi connectivity index (χ1n) is 8.98. The van der Waals surface area contributed by atoms with Crippen LogP contribution in [0.1, 0.15) is 25.7 Å². The number of rotatable bonds is 6. The van der Waals surface area contributed by atoms with Gasteiger partial charge in [-0.1, -0.05) is 0 Å². The van der Waals surface area contributed by atoms with Crippen molar-refractivity contribution in [2.45, 2.75) is 48.3 Å². The zero-order valence-corrected chi connectivity index (χ0v) is 19.0. The van der Waals surface area contributed by atoms with Crippen molar-refractivity contribution in [3.05, 3.63) is 0 Å². The van der Waals surface area contributed by atoms with Gasteiger partial charge in [-0.15, -0.1) is 0 Å². The molecule has 1 rings (SSSR count). The second-order valence-corrected chi connectivity index (χ2v) is 8.66. The van der Waals surface area contributed by atoms with Crippen LogP contribution < -0.4 is 21.3 Å². The van der Waals surface area contributed by atoms with Crippen molar-refractivity contribution in [3.8, 4) is 0 Å². The molecule has 0 saturated carbocycles. The highest BCUT2D eigenvalue weighted by Crippen LogP contribution is 2.09. The van der Waals surface area contributed by atoms with Gasteiger partial charge in [0.1, 0.15) is 12.1 Å². The van der Waals surface area contributed by atoms with Crippen molar-refractivity contribution in [1.82, 2.24) is 21.3 Å². The standard InChI is InChI=1S/C16H28N4O4S4/c21-13-1-3-17-15(23)12(6-10(28)8-26)20-14(22)2-4-18-16(24)11(19-13)5-9(27)7-25/h9-12,25-28H,1-8H2,(H,17,23)(H,18,24)(H,19,21)(H,20,22)/t9?,10?,11-,12-/m0/s1. The number of hydrogen-bond acceptors (Lipinski definition) is 8. The fraction of sp³-hybridized carbons (Fsp3) is 0.750. The van der Waals surface area contributed by atoms with Gasteiger partial charge in [0.15, 0.2) is 0 Å². The van der Waals surface area contributed by atoms with E-state index >= 15 is 0 Å². The van der Waals surface area contributed by atoms with E-state index in [1.807, 2.05) is 0 Å². The molecule has 2 unspecified atom stereocenters. The Hall–Kier alpha value is -0.720. The van der Waals surface area contributed by atoms with Gasteiger partial charge >= 0.3 is 0 Å². The minimum atomic E-state index is -0.781. The Bertz CT molecular complexity index is 519. The van der Waals surface area contributed by atoms with Gasteiger partial charge < -0.3 is 21.3 Å². The molecule has 4 amide bonds. The Labute approximate surface area is 187 Å². The molecule has 1 fully saturated rings. The molecular weight excluding hydrogens is 440 g/mol. The zero-order valence-electron chi connectivity index (χ0n) is 15.4. The van der Waals surface area contributed by atoms with Gasteiger partial charge in [0, 0.05) is 47.9 Å². The molecule has 8 nitrogen and oxygen atoms in total. The summed E-state index contributed by atoms with van der Waals surface area (Å²) in [6, 6.07) is -1.56. The minimum absolute atomic E-state index is 0.00513. The van der Waals surface area contributed by atoms with Gasteiger partial charge in [0.2, 0.25) is 23.6 Å². The summed E-state index contributed by atoms with van der Waals surface area (Å²) in [4.78, 5) is 49.1. The summed E-state index contributed by atoms with van der Waals surface area (Å²) in [7, 11) is 0. The summed E-state index contributed by atoms with van der Waals surface area (Å²) in [5, 5.41) is 10.2. The molecule has 12 heteroatoms. The van der Waals surface area contributed by atoms with Crippen molar-refractivity contribution < 1.29 is 19.2 Å². The van der Waals surface area contributed by atoms with Crippen LogP contribution >= 0.6 is 50.5 Å². The summed E-state index contributed by atoms with van der Waals surface area (Å²) in [6.07, 6.45) is 0.617. The second kappa shape index (κ2) is 13.5. The van der Waals surface area contributed by atoms with Crippen LogP contribution in [-0.4, -0.2) is 70.8 Å². The molecule has 0 aliphatic carbocycles. The molecule has 4 N–H and O–H groups in total. The van der Waals surface area contributed by atoms with E-state index in [-0.39, 0.29) is 60.1 Å². The maximum atomic E-state index is 12.4. The lowest BCUT2D eigenvalue weighted by Gasteiger charge is -2.23. The van der Waals surface area contributed by atoms with Crippen LogP contribution in [0.15, 0.2) is 0 Å². The Morgan fingerprint density at radius 1 is 0.750 bits per heavy atom. The van der Waals surface area contributed by atoms with Crippen LogP contribution in [0.25, 0.3) is 0 Å². The lowest BCUT2D eigenvalue weighted by molar-refractivity contribution is -0.131. The van der Waals surface area contributed by atoms with E-state index in [0.717, 1.165) is 0 Å². The van der Waals surface area contributed by atoms with Crippen molar-refractivity contribution >= 4 is 74.1 Å². The zero-order chi connectivity index (χ0) is 21.1. The smallest absolute Gasteiger partial charge is 0.242 e. The summed E-state index contributed by atoms with van der Waals surface area (Å²) in [5.74, 6) is -0.599. The van der Waals surface area contributed by atoms with Gasteiger partial charge in [0.25, 0.3) is 0 Å². The monoisotopic (exact) mass is 468 g/mol. The number of nitrogens with one attached hydrogen (secondary N) is 4. The molecule has 0 spiro atoms. The van der Waals surface area contributed by atoms with Gasteiger partial charge in [-0.3, -0.25) is 19.2 Å². The largest absolute Gasteiger partial charge is 0.354 e. The molecule has 1 heterocycles. The predicted molar refractivity (Wildman–Crippen MR) is 122 cm³/mol. The second-order valence-electron chi connectivity index (χ2n) is 6.47. The predicted octanol–water partition coefficient (Wildman–Crippen LogP) is -0.781. The van der Waals surface area contributed by atoms with E-state index in [0.29, 0.717) is 24.3 Å². The van der Waals surface area contributed by atoms with E-state index in [1.54, 1.807) is 0 Å². The average Bonchev–Trinajstić information content (AvgIpc) is 2.65. The van der Waals surface area contributed by atoms with E-state index in [9.17, 15) is 19.2 Å². The number of thiol groups is 4. The third kappa shape index (κ3) is 9.66. The van der Waals surface area contributed by atoms with E-state index in [4.69, 9.17) is 0 Å². The van der Waals surface area contributed by atoms with Gasteiger partial charge in [0.05, 0.1) is 0 Å². The minimum Gasteiger partial charge on any atom is -0.354 e. The highest BCUT2D eigenvalue weighted by atomic mass is 32.1. The van der Waals surface area contributed by atoms with E-state index < -0.39 is 12.1 Å². The molecule has 0 radical (unpaired) electrons. The van der Waals surface area contributed by atoms with E-state index in [1.165, 1.54) is 0 Å². The molecule has 0 aromatic heterocycles. The molecule has 4 atom stereocenters. The molecule has 1 aliphatic heterocycles. The Morgan fingerprint density at radius 2 is 1.11 bits per heavy atom. The van der Waals surface area contributed by atoms with Gasteiger partial charge in [-0.25, -0.2) is 0 Å². The number of hydrogen-bond donors (Lipinski definition) is 8. The maximum absolute atomic E-state index is 12.4. The lowest BCUT2D eigenvalue weighted by atomic mass is 10.1. The van der Waals surface area contributed by atoms with Gasteiger partial charge in [-0.05, 0) is 12.8 Å². The topological polar surface area (TPSA) is 116 Å². The van der Waals surface area contributed by atoms with Crippen LogP contribution in [-0.2, 0) is 19.2 Å². The Morgan fingerprint density at radius 3 is 1.43 bits per heavy atom. The molecule has 1 aliphatic rings. The average molecular weight is 469 g/mol. The van der Waals surface area contributed by atoms with Crippen molar-refractivity contribution in [2.24, 2.45) is 0 Å². The fourth-order valence-corrected chi connectivity index (χ4v) is 3.25. The van der Waals surface area contributed by atoms with Crippen LogP contribution in [0.2, 0.25) is 0 Å². The molecule has 0 aromatic rings. The van der Waals surface area contributed by atoms with Crippen LogP contribution in [0.4, 0.5) is 0 Å². The fourth-order valence-electron chi connectivity index (χ4n) is 2.53. The maximum Gasteiger partial charge on any atom is 0.242 e. The highest BCUT2D eigenvalue weighted by molar-refractivity contribution is 7.85. The summed E-state index contributed by atoms with van der Waals surface area (Å²) in [5.41, 5.74) is 0. The Kier molecular flexibility index (Phi) is 12.2. The van der Waals surface area contributed by atoms with Crippen molar-refractivity contribution in [3.63, 3.8) is 0 Å². The molecular formula is C16H28N4O4S4. The molecule has 0 aromatic carbocycles. The van der Waals surface area contributed by atoms with Crippen LogP contribution in [0, 0.1) is 0 Å². The van der Waals surface area contributed by atoms with Crippen molar-refractivity contribution in [1.29, 1.82) is 0 Å². The van der Waals surface area contributed by atoms with Crippen LogP contribution in [0.5, 0.6) is 0 Å². The molecule has 0 bridgehead atoms. The van der Waals surface area contributed by atoms with Gasteiger partial charge in [-0.2, -0.15) is 50.5 Å². The summed E-state index contributed by atoms with van der Waals surface area (Å²) in [6.45, 7) is 0.167. The lowest BCUT2D eigenvalue weighted by Crippen LogP contribution is -2.52. The number of carbonyl (C=O) groups excluding carboxylic acids is 4. The molecule has 160 valence electrons. The number of carbonyl (C=O) groups is 4. The normalized spacial score (nSPS) is 24.9. The first-order valence-corrected chi connectivity index (χ1v) is 11.3. The third-order valence-electron chi connectivity index (χ3n) is 4.04. The summed E-state index contributed by atoms with van der Waals surface area (Å²) < 4.78 is 0. The quantitative estimate of drug-likeness (QED) is 0.244. The SMILES string of the molecule is O=C1CCNC(=O)[C@H](CC(S)CS)NC(=O)CCNC(=O)[C@H](CC(S)CS)N1. The molecule has 1 saturated heterocycles. The first kappa shape index (κ1) is 25.3. The van der Waals surface area contributed by atoms with E-state index in [2.05, 4.69) is 71.8 Å². The van der Waals surface area contributed by atoms with Crippen molar-refractivity contribution in [2.75, 3.05) is 24.6 Å². The summed E-state index contributed by atoms with van der Waals surface area (Å²) >= 11 is 16.9. The first-order chi connectivity index (χ1) is 13.3.